The predicted molar refractivity (Wildman–Crippen MR) is 92.3 cm³/mol. The molecule has 1 N–H and O–H groups in total. The van der Waals surface area contributed by atoms with Gasteiger partial charge in [0.15, 0.2) is 0 Å². The summed E-state index contributed by atoms with van der Waals surface area (Å²) in [6, 6.07) is 16.3. The number of aryl methyl sites for hydroxylation is 2. The van der Waals surface area contributed by atoms with Crippen molar-refractivity contribution in [3.05, 3.63) is 65.5 Å². The molecule has 0 saturated heterocycles. The SMILES string of the molecule is Cc1cc(CCNC(=O)Cc2cccc3ccccc23)nn1C. The van der Waals surface area contributed by atoms with Gasteiger partial charge in [-0.1, -0.05) is 42.5 Å². The average Bonchev–Trinajstić information content (AvgIpc) is 2.86. The Labute approximate surface area is 136 Å². The smallest absolute Gasteiger partial charge is 0.224 e. The Bertz CT molecular complexity index is 811. The quantitative estimate of drug-likeness (QED) is 0.788. The van der Waals surface area contributed by atoms with Crippen molar-refractivity contribution in [2.75, 3.05) is 6.54 Å². The molecule has 0 radical (unpaired) electrons. The van der Waals surface area contributed by atoms with E-state index in [4.69, 9.17) is 0 Å². The van der Waals surface area contributed by atoms with Crippen molar-refractivity contribution in [2.24, 2.45) is 7.05 Å². The van der Waals surface area contributed by atoms with E-state index >= 15 is 0 Å². The van der Waals surface area contributed by atoms with E-state index in [1.54, 1.807) is 0 Å². The van der Waals surface area contributed by atoms with E-state index in [-0.39, 0.29) is 5.91 Å². The van der Waals surface area contributed by atoms with Crippen LogP contribution in [0.3, 0.4) is 0 Å². The van der Waals surface area contributed by atoms with Gasteiger partial charge in [0.2, 0.25) is 5.91 Å². The van der Waals surface area contributed by atoms with Crippen LogP contribution in [-0.4, -0.2) is 22.2 Å². The first-order valence-corrected chi connectivity index (χ1v) is 7.86. The fourth-order valence-electron chi connectivity index (χ4n) is 2.77. The normalized spacial score (nSPS) is 10.9. The fourth-order valence-corrected chi connectivity index (χ4v) is 2.77. The molecule has 3 rings (SSSR count). The molecule has 23 heavy (non-hydrogen) atoms. The summed E-state index contributed by atoms with van der Waals surface area (Å²) < 4.78 is 1.85. The maximum atomic E-state index is 12.2. The topological polar surface area (TPSA) is 46.9 Å². The Morgan fingerprint density at radius 1 is 1.17 bits per heavy atom. The third-order valence-corrected chi connectivity index (χ3v) is 4.10. The Hall–Kier alpha value is -2.62. The van der Waals surface area contributed by atoms with Gasteiger partial charge in [0.1, 0.15) is 0 Å². The summed E-state index contributed by atoms with van der Waals surface area (Å²) in [7, 11) is 1.93. The number of hydrogen-bond acceptors (Lipinski definition) is 2. The van der Waals surface area contributed by atoms with Gasteiger partial charge in [0.25, 0.3) is 0 Å². The van der Waals surface area contributed by atoms with Crippen LogP contribution in [0.4, 0.5) is 0 Å². The summed E-state index contributed by atoms with van der Waals surface area (Å²) in [5, 5.41) is 9.69. The summed E-state index contributed by atoms with van der Waals surface area (Å²) in [4.78, 5) is 12.2. The number of fused-ring (bicyclic) bond motifs is 1. The largest absolute Gasteiger partial charge is 0.355 e. The van der Waals surface area contributed by atoms with Crippen molar-refractivity contribution in [1.82, 2.24) is 15.1 Å². The highest BCUT2D eigenvalue weighted by atomic mass is 16.1. The number of benzene rings is 2. The van der Waals surface area contributed by atoms with Gasteiger partial charge in [-0.15, -0.1) is 0 Å². The van der Waals surface area contributed by atoms with Crippen LogP contribution in [0.2, 0.25) is 0 Å². The molecule has 3 aromatic rings. The first-order valence-electron chi connectivity index (χ1n) is 7.86. The van der Waals surface area contributed by atoms with Gasteiger partial charge in [-0.05, 0) is 29.3 Å². The molecule has 0 aliphatic rings. The van der Waals surface area contributed by atoms with E-state index in [2.05, 4.69) is 34.7 Å². The molecule has 2 aromatic carbocycles. The van der Waals surface area contributed by atoms with Gasteiger partial charge in [0, 0.05) is 25.7 Å². The van der Waals surface area contributed by atoms with Crippen LogP contribution >= 0.6 is 0 Å². The predicted octanol–water partition coefficient (Wildman–Crippen LogP) is 2.78. The van der Waals surface area contributed by atoms with E-state index < -0.39 is 0 Å². The monoisotopic (exact) mass is 307 g/mol. The lowest BCUT2D eigenvalue weighted by atomic mass is 10.0. The fraction of sp³-hybridized carbons (Fsp3) is 0.263. The Balaban J connectivity index is 1.58. The highest BCUT2D eigenvalue weighted by Gasteiger charge is 2.07. The average molecular weight is 307 g/mol. The number of rotatable bonds is 5. The third-order valence-electron chi connectivity index (χ3n) is 4.10. The molecule has 0 aliphatic heterocycles. The number of hydrogen-bond donors (Lipinski definition) is 1. The number of carbonyl (C=O) groups is 1. The van der Waals surface area contributed by atoms with Crippen LogP contribution < -0.4 is 5.32 Å². The standard InChI is InChI=1S/C19H21N3O/c1-14-12-17(21-22(14)2)10-11-20-19(23)13-16-8-5-7-15-6-3-4-9-18(15)16/h3-9,12H,10-11,13H2,1-2H3,(H,20,23). The van der Waals surface area contributed by atoms with E-state index in [0.29, 0.717) is 13.0 Å². The van der Waals surface area contributed by atoms with E-state index in [0.717, 1.165) is 28.8 Å². The molecule has 1 amide bonds. The maximum absolute atomic E-state index is 12.2. The Morgan fingerprint density at radius 3 is 2.74 bits per heavy atom. The van der Waals surface area contributed by atoms with Crippen LogP contribution in [0.5, 0.6) is 0 Å². The van der Waals surface area contributed by atoms with Gasteiger partial charge >= 0.3 is 0 Å². The minimum absolute atomic E-state index is 0.0500. The second-order valence-corrected chi connectivity index (χ2v) is 5.82. The van der Waals surface area contributed by atoms with E-state index in [1.165, 1.54) is 5.39 Å². The first-order chi connectivity index (χ1) is 11.1. The van der Waals surface area contributed by atoms with Crippen molar-refractivity contribution in [2.45, 2.75) is 19.8 Å². The van der Waals surface area contributed by atoms with Crippen molar-refractivity contribution in [3.8, 4) is 0 Å². The molecule has 1 heterocycles. The van der Waals surface area contributed by atoms with Gasteiger partial charge in [-0.25, -0.2) is 0 Å². The summed E-state index contributed by atoms with van der Waals surface area (Å²) in [5.74, 6) is 0.0500. The zero-order valence-corrected chi connectivity index (χ0v) is 13.5. The summed E-state index contributed by atoms with van der Waals surface area (Å²) in [6.07, 6.45) is 1.16. The molecule has 4 nitrogen and oxygen atoms in total. The van der Waals surface area contributed by atoms with Crippen molar-refractivity contribution < 1.29 is 4.79 Å². The second-order valence-electron chi connectivity index (χ2n) is 5.82. The minimum atomic E-state index is 0.0500. The summed E-state index contributed by atoms with van der Waals surface area (Å²) in [6.45, 7) is 2.63. The summed E-state index contributed by atoms with van der Waals surface area (Å²) >= 11 is 0. The molecule has 0 bridgehead atoms. The minimum Gasteiger partial charge on any atom is -0.355 e. The van der Waals surface area contributed by atoms with Crippen LogP contribution in [0.25, 0.3) is 10.8 Å². The Kier molecular flexibility index (Phi) is 4.42. The maximum Gasteiger partial charge on any atom is 0.224 e. The lowest BCUT2D eigenvalue weighted by Crippen LogP contribution is -2.27. The lowest BCUT2D eigenvalue weighted by molar-refractivity contribution is -0.120. The highest BCUT2D eigenvalue weighted by Crippen LogP contribution is 2.18. The molecule has 0 saturated carbocycles. The molecular weight excluding hydrogens is 286 g/mol. The molecule has 0 atom stereocenters. The molecule has 0 fully saturated rings. The molecular formula is C19H21N3O. The van der Waals surface area contributed by atoms with Crippen LogP contribution in [0.1, 0.15) is 17.0 Å². The number of amides is 1. The third kappa shape index (κ3) is 3.59. The molecule has 4 heteroatoms. The lowest BCUT2D eigenvalue weighted by Gasteiger charge is -2.07. The number of nitrogens with zero attached hydrogens (tertiary/aromatic N) is 2. The zero-order valence-electron chi connectivity index (χ0n) is 13.5. The number of aromatic nitrogens is 2. The second kappa shape index (κ2) is 6.65. The molecule has 1 aromatic heterocycles. The van der Waals surface area contributed by atoms with E-state index in [9.17, 15) is 4.79 Å². The zero-order chi connectivity index (χ0) is 16.2. The van der Waals surface area contributed by atoms with Crippen molar-refractivity contribution >= 4 is 16.7 Å². The number of carbonyl (C=O) groups excluding carboxylic acids is 1. The van der Waals surface area contributed by atoms with Crippen LogP contribution in [0, 0.1) is 6.92 Å². The van der Waals surface area contributed by atoms with Gasteiger partial charge in [-0.2, -0.15) is 5.10 Å². The molecule has 118 valence electrons. The van der Waals surface area contributed by atoms with Gasteiger partial charge in [0.05, 0.1) is 12.1 Å². The van der Waals surface area contributed by atoms with Gasteiger partial charge in [-0.3, -0.25) is 9.48 Å². The Morgan fingerprint density at radius 2 is 1.96 bits per heavy atom. The molecule has 0 unspecified atom stereocenters. The van der Waals surface area contributed by atoms with Crippen LogP contribution in [0.15, 0.2) is 48.5 Å². The highest BCUT2D eigenvalue weighted by molar-refractivity contribution is 5.90. The van der Waals surface area contributed by atoms with Crippen LogP contribution in [-0.2, 0) is 24.7 Å². The van der Waals surface area contributed by atoms with Crippen molar-refractivity contribution in [3.63, 3.8) is 0 Å². The molecule has 0 spiro atoms. The number of nitrogens with one attached hydrogen (secondary N) is 1. The van der Waals surface area contributed by atoms with Crippen molar-refractivity contribution in [1.29, 1.82) is 0 Å². The molecule has 0 aliphatic carbocycles. The first kappa shape index (κ1) is 15.3. The summed E-state index contributed by atoms with van der Waals surface area (Å²) in [5.41, 5.74) is 3.20. The van der Waals surface area contributed by atoms with E-state index in [1.807, 2.05) is 42.9 Å². The van der Waals surface area contributed by atoms with Gasteiger partial charge < -0.3 is 5.32 Å².